The summed E-state index contributed by atoms with van der Waals surface area (Å²) in [6.07, 6.45) is 0.694. The molecule has 1 aromatic heterocycles. The molecule has 2 aliphatic rings. The first-order chi connectivity index (χ1) is 11.7. The van der Waals surface area contributed by atoms with E-state index in [4.69, 9.17) is 14.2 Å². The Labute approximate surface area is 147 Å². The highest BCUT2D eigenvalue weighted by atomic mass is 79.9. The van der Waals surface area contributed by atoms with Gasteiger partial charge in [0, 0.05) is 22.6 Å². The molecule has 6 nitrogen and oxygen atoms in total. The van der Waals surface area contributed by atoms with E-state index in [1.54, 1.807) is 4.57 Å². The Kier molecular flexibility index (Phi) is 4.39. The van der Waals surface area contributed by atoms with E-state index < -0.39 is 0 Å². The summed E-state index contributed by atoms with van der Waals surface area (Å²) in [6.45, 7) is 2.63. The van der Waals surface area contributed by atoms with E-state index in [2.05, 4.69) is 27.0 Å². The number of fused-ring (bicyclic) bond motifs is 3. The summed E-state index contributed by atoms with van der Waals surface area (Å²) in [7, 11) is 0. The van der Waals surface area contributed by atoms with E-state index in [1.807, 2.05) is 18.2 Å². The van der Waals surface area contributed by atoms with Crippen LogP contribution < -0.4 is 10.4 Å². The zero-order valence-electron chi connectivity index (χ0n) is 13.0. The van der Waals surface area contributed by atoms with Crippen molar-refractivity contribution in [1.82, 2.24) is 9.55 Å². The Bertz CT molecular complexity index is 815. The van der Waals surface area contributed by atoms with Crippen LogP contribution in [0.4, 0.5) is 0 Å². The summed E-state index contributed by atoms with van der Waals surface area (Å²) in [4.78, 5) is 16.4. The minimum Gasteiger partial charge on any atom is -0.475 e. The van der Waals surface area contributed by atoms with E-state index in [9.17, 15) is 4.79 Å². The third-order valence-corrected chi connectivity index (χ3v) is 4.73. The number of ether oxygens (including phenoxy) is 3. The van der Waals surface area contributed by atoms with Crippen LogP contribution >= 0.6 is 15.9 Å². The van der Waals surface area contributed by atoms with Gasteiger partial charge in [-0.1, -0.05) is 22.0 Å². The maximum atomic E-state index is 12.3. The van der Waals surface area contributed by atoms with Gasteiger partial charge in [0.25, 0.3) is 0 Å². The molecule has 2 aromatic rings. The molecule has 0 unspecified atom stereocenters. The van der Waals surface area contributed by atoms with Crippen LogP contribution in [-0.4, -0.2) is 42.1 Å². The average molecular weight is 393 g/mol. The first-order valence-corrected chi connectivity index (χ1v) is 8.73. The zero-order valence-corrected chi connectivity index (χ0v) is 14.6. The van der Waals surface area contributed by atoms with Crippen molar-refractivity contribution in [3.8, 4) is 17.1 Å². The second kappa shape index (κ2) is 6.66. The number of aryl methyl sites for hydroxylation is 1. The van der Waals surface area contributed by atoms with Crippen LogP contribution in [0.2, 0.25) is 0 Å². The van der Waals surface area contributed by atoms with Crippen molar-refractivity contribution in [3.05, 3.63) is 44.8 Å². The molecule has 2 aliphatic heterocycles. The van der Waals surface area contributed by atoms with Gasteiger partial charge in [0.1, 0.15) is 12.7 Å². The lowest BCUT2D eigenvalue weighted by molar-refractivity contribution is -0.102. The van der Waals surface area contributed by atoms with Crippen molar-refractivity contribution in [1.29, 1.82) is 0 Å². The van der Waals surface area contributed by atoms with Crippen molar-refractivity contribution in [2.45, 2.75) is 19.1 Å². The summed E-state index contributed by atoms with van der Waals surface area (Å²) in [5, 5.41) is 0. The van der Waals surface area contributed by atoms with Crippen LogP contribution in [0.25, 0.3) is 11.3 Å². The highest BCUT2D eigenvalue weighted by molar-refractivity contribution is 9.10. The zero-order chi connectivity index (χ0) is 16.5. The quantitative estimate of drug-likeness (QED) is 0.799. The number of hydrogen-bond donors (Lipinski definition) is 0. The van der Waals surface area contributed by atoms with Gasteiger partial charge in [0.15, 0.2) is 0 Å². The number of nitrogens with zero attached hydrogens (tertiary/aromatic N) is 2. The van der Waals surface area contributed by atoms with Gasteiger partial charge in [-0.15, -0.1) is 0 Å². The SMILES string of the molecule is O=c1nc(OC[C@@H]2COCCO2)cc2n1CCc1cc(Br)ccc1-2. The Morgan fingerprint density at radius 3 is 3.08 bits per heavy atom. The van der Waals surface area contributed by atoms with Gasteiger partial charge < -0.3 is 14.2 Å². The minimum absolute atomic E-state index is 0.123. The van der Waals surface area contributed by atoms with Crippen LogP contribution in [0, 0.1) is 0 Å². The Hall–Kier alpha value is -1.70. The van der Waals surface area contributed by atoms with Crippen LogP contribution in [0.3, 0.4) is 0 Å². The normalized spacial score (nSPS) is 19.5. The molecule has 7 heteroatoms. The highest BCUT2D eigenvalue weighted by Crippen LogP contribution is 2.31. The van der Waals surface area contributed by atoms with E-state index >= 15 is 0 Å². The molecule has 0 spiro atoms. The first kappa shape index (κ1) is 15.8. The summed E-state index contributed by atoms with van der Waals surface area (Å²) in [5.41, 5.74) is 2.83. The van der Waals surface area contributed by atoms with Crippen LogP contribution in [0.5, 0.6) is 5.88 Å². The standard InChI is InChI=1S/C17H17BrN2O4/c18-12-1-2-14-11(7-12)3-4-20-15(14)8-16(19-17(20)21)24-10-13-9-22-5-6-23-13/h1-2,7-8,13H,3-6,9-10H2/t13-/m0/s1. The van der Waals surface area contributed by atoms with E-state index in [0.717, 1.165) is 22.2 Å². The lowest BCUT2D eigenvalue weighted by atomic mass is 9.98. The van der Waals surface area contributed by atoms with Crippen LogP contribution in [-0.2, 0) is 22.4 Å². The molecule has 4 rings (SSSR count). The molecule has 1 fully saturated rings. The molecule has 0 amide bonds. The van der Waals surface area contributed by atoms with Crippen LogP contribution in [0.1, 0.15) is 5.56 Å². The fraction of sp³-hybridized carbons (Fsp3) is 0.412. The average Bonchev–Trinajstić information content (AvgIpc) is 2.60. The fourth-order valence-corrected chi connectivity index (χ4v) is 3.47. The lowest BCUT2D eigenvalue weighted by Crippen LogP contribution is -2.34. The minimum atomic E-state index is -0.281. The Morgan fingerprint density at radius 1 is 1.33 bits per heavy atom. The third kappa shape index (κ3) is 3.11. The number of benzene rings is 1. The molecule has 0 saturated carbocycles. The first-order valence-electron chi connectivity index (χ1n) is 7.93. The predicted molar refractivity (Wildman–Crippen MR) is 91.4 cm³/mol. The number of rotatable bonds is 3. The lowest BCUT2D eigenvalue weighted by Gasteiger charge is -2.24. The van der Waals surface area contributed by atoms with E-state index in [0.29, 0.717) is 38.9 Å². The topological polar surface area (TPSA) is 62.6 Å². The smallest absolute Gasteiger partial charge is 0.351 e. The largest absolute Gasteiger partial charge is 0.475 e. The van der Waals surface area contributed by atoms with E-state index in [1.165, 1.54) is 5.56 Å². The van der Waals surface area contributed by atoms with Gasteiger partial charge in [0.2, 0.25) is 5.88 Å². The molecule has 0 aliphatic carbocycles. The summed E-state index contributed by atoms with van der Waals surface area (Å²) >= 11 is 3.50. The van der Waals surface area contributed by atoms with Gasteiger partial charge in [-0.25, -0.2) is 4.79 Å². The third-order valence-electron chi connectivity index (χ3n) is 4.24. The van der Waals surface area contributed by atoms with Crippen molar-refractivity contribution >= 4 is 15.9 Å². The van der Waals surface area contributed by atoms with Gasteiger partial charge in [-0.3, -0.25) is 4.57 Å². The predicted octanol–water partition coefficient (Wildman–Crippen LogP) is 2.02. The van der Waals surface area contributed by atoms with Gasteiger partial charge in [0.05, 0.1) is 25.5 Å². The summed E-state index contributed by atoms with van der Waals surface area (Å²) in [5.74, 6) is 0.330. The van der Waals surface area contributed by atoms with Crippen LogP contribution in [0.15, 0.2) is 33.5 Å². The van der Waals surface area contributed by atoms with Crippen molar-refractivity contribution in [2.75, 3.05) is 26.4 Å². The van der Waals surface area contributed by atoms with Gasteiger partial charge in [-0.2, -0.15) is 4.98 Å². The summed E-state index contributed by atoms with van der Waals surface area (Å²) in [6, 6.07) is 7.92. The van der Waals surface area contributed by atoms with Gasteiger partial charge >= 0.3 is 5.69 Å². The molecular weight excluding hydrogens is 376 g/mol. The number of aromatic nitrogens is 2. The second-order valence-electron chi connectivity index (χ2n) is 5.84. The number of halogens is 1. The Balaban J connectivity index is 1.62. The van der Waals surface area contributed by atoms with Crippen molar-refractivity contribution in [2.24, 2.45) is 0 Å². The molecule has 24 heavy (non-hydrogen) atoms. The highest BCUT2D eigenvalue weighted by Gasteiger charge is 2.20. The van der Waals surface area contributed by atoms with Crippen molar-refractivity contribution < 1.29 is 14.2 Å². The molecule has 1 saturated heterocycles. The molecule has 0 bridgehead atoms. The maximum Gasteiger partial charge on any atom is 0.351 e. The Morgan fingerprint density at radius 2 is 2.25 bits per heavy atom. The molecule has 0 radical (unpaired) electrons. The second-order valence-corrected chi connectivity index (χ2v) is 6.76. The number of hydrogen-bond acceptors (Lipinski definition) is 5. The molecule has 126 valence electrons. The fourth-order valence-electron chi connectivity index (χ4n) is 3.06. The van der Waals surface area contributed by atoms with E-state index in [-0.39, 0.29) is 11.8 Å². The molecule has 1 aromatic carbocycles. The summed E-state index contributed by atoms with van der Waals surface area (Å²) < 4.78 is 19.3. The molecule has 0 N–H and O–H groups in total. The molecule has 3 heterocycles. The molecule has 1 atom stereocenters. The molecular formula is C17H17BrN2O4. The van der Waals surface area contributed by atoms with Crippen molar-refractivity contribution in [3.63, 3.8) is 0 Å². The maximum absolute atomic E-state index is 12.3. The monoisotopic (exact) mass is 392 g/mol. The van der Waals surface area contributed by atoms with Gasteiger partial charge in [-0.05, 0) is 24.1 Å².